The zero-order valence-electron chi connectivity index (χ0n) is 11.3. The van der Waals surface area contributed by atoms with Gasteiger partial charge in [0.1, 0.15) is 0 Å². The molecule has 2 rings (SSSR count). The lowest BCUT2D eigenvalue weighted by Crippen LogP contribution is -2.19. The largest absolute Gasteiger partial charge is 0.464 e. The van der Waals surface area contributed by atoms with Crippen molar-refractivity contribution in [3.8, 4) is 0 Å². The van der Waals surface area contributed by atoms with Crippen LogP contribution in [0.4, 0.5) is 0 Å². The molecule has 0 amide bonds. The number of hydrogen-bond donors (Lipinski definition) is 0. The molecule has 0 aromatic carbocycles. The molecule has 0 bridgehead atoms. The van der Waals surface area contributed by atoms with E-state index in [0.29, 0.717) is 19.6 Å². The summed E-state index contributed by atoms with van der Waals surface area (Å²) in [5.74, 6) is -0.468. The Morgan fingerprint density at radius 3 is 3.00 bits per heavy atom. The van der Waals surface area contributed by atoms with Crippen molar-refractivity contribution in [2.45, 2.75) is 31.9 Å². The normalized spacial score (nSPS) is 18.7. The lowest BCUT2D eigenvalue weighted by molar-refractivity contribution is 0.0591. The lowest BCUT2D eigenvalue weighted by Gasteiger charge is -2.11. The maximum atomic E-state index is 11.6. The Morgan fingerprint density at radius 2 is 2.37 bits per heavy atom. The molecule has 1 fully saturated rings. The van der Waals surface area contributed by atoms with Crippen LogP contribution < -0.4 is 0 Å². The van der Waals surface area contributed by atoms with E-state index >= 15 is 0 Å². The average Bonchev–Trinajstić information content (AvgIpc) is 3.06. The smallest absolute Gasteiger partial charge is 0.360 e. The van der Waals surface area contributed by atoms with Crippen molar-refractivity contribution in [1.82, 2.24) is 15.0 Å². The van der Waals surface area contributed by atoms with Crippen molar-refractivity contribution in [3.63, 3.8) is 0 Å². The molecule has 0 N–H and O–H groups in total. The van der Waals surface area contributed by atoms with Crippen LogP contribution in [0, 0.1) is 0 Å². The minimum atomic E-state index is -0.468. The molecule has 19 heavy (non-hydrogen) atoms. The van der Waals surface area contributed by atoms with Crippen LogP contribution >= 0.6 is 0 Å². The van der Waals surface area contributed by atoms with E-state index in [0.717, 1.165) is 25.1 Å². The lowest BCUT2D eigenvalue weighted by atomic mass is 10.2. The summed E-state index contributed by atoms with van der Waals surface area (Å²) in [5.41, 5.74) is 1.00. The van der Waals surface area contributed by atoms with Gasteiger partial charge in [-0.3, -0.25) is 0 Å². The van der Waals surface area contributed by atoms with Gasteiger partial charge >= 0.3 is 5.97 Å². The second kappa shape index (κ2) is 6.63. The maximum Gasteiger partial charge on any atom is 0.360 e. The first kappa shape index (κ1) is 14.0. The van der Waals surface area contributed by atoms with Crippen molar-refractivity contribution in [2.75, 3.05) is 27.4 Å². The number of rotatable bonds is 6. The summed E-state index contributed by atoms with van der Waals surface area (Å²) in [6.45, 7) is 1.91. The van der Waals surface area contributed by atoms with Crippen molar-refractivity contribution in [1.29, 1.82) is 0 Å². The molecule has 0 spiro atoms. The van der Waals surface area contributed by atoms with E-state index < -0.39 is 5.97 Å². The molecule has 7 heteroatoms. The standard InChI is InChI=1S/C12H19N3O4/c1-17-7-5-10-11(12(16)18-2)13-14-15(10)8-9-4-3-6-19-9/h9H,3-8H2,1-2H3. The predicted molar refractivity (Wildman–Crippen MR) is 65.9 cm³/mol. The Labute approximate surface area is 111 Å². The fourth-order valence-electron chi connectivity index (χ4n) is 2.16. The predicted octanol–water partition coefficient (Wildman–Crippen LogP) is 0.433. The quantitative estimate of drug-likeness (QED) is 0.697. The van der Waals surface area contributed by atoms with Crippen LogP contribution in [0.25, 0.3) is 0 Å². The van der Waals surface area contributed by atoms with Crippen molar-refractivity contribution in [3.05, 3.63) is 11.4 Å². The van der Waals surface area contributed by atoms with Gasteiger partial charge in [-0.1, -0.05) is 5.21 Å². The molecule has 0 aliphatic carbocycles. The molecular formula is C12H19N3O4. The first-order chi connectivity index (χ1) is 9.26. The third kappa shape index (κ3) is 3.30. The summed E-state index contributed by atoms with van der Waals surface area (Å²) in [7, 11) is 2.95. The van der Waals surface area contributed by atoms with E-state index in [4.69, 9.17) is 14.2 Å². The summed E-state index contributed by atoms with van der Waals surface area (Å²) < 4.78 is 17.1. The Hall–Kier alpha value is -1.47. The highest BCUT2D eigenvalue weighted by molar-refractivity contribution is 5.88. The van der Waals surface area contributed by atoms with Crippen LogP contribution in [-0.2, 0) is 27.2 Å². The number of carbonyl (C=O) groups is 1. The average molecular weight is 269 g/mol. The van der Waals surface area contributed by atoms with Gasteiger partial charge in [-0.05, 0) is 12.8 Å². The van der Waals surface area contributed by atoms with Crippen LogP contribution in [0.3, 0.4) is 0 Å². The van der Waals surface area contributed by atoms with Crippen LogP contribution in [0.2, 0.25) is 0 Å². The molecule has 2 heterocycles. The molecule has 7 nitrogen and oxygen atoms in total. The van der Waals surface area contributed by atoms with Gasteiger partial charge in [-0.15, -0.1) is 5.10 Å². The monoisotopic (exact) mass is 269 g/mol. The van der Waals surface area contributed by atoms with E-state index in [1.807, 2.05) is 0 Å². The van der Waals surface area contributed by atoms with Gasteiger partial charge in [-0.2, -0.15) is 0 Å². The number of esters is 1. The fraction of sp³-hybridized carbons (Fsp3) is 0.750. The van der Waals surface area contributed by atoms with Gasteiger partial charge in [0.2, 0.25) is 0 Å². The van der Waals surface area contributed by atoms with Gasteiger partial charge < -0.3 is 14.2 Å². The summed E-state index contributed by atoms with van der Waals surface area (Å²) in [4.78, 5) is 11.6. The SMILES string of the molecule is COCCc1c(C(=O)OC)nnn1CC1CCCO1. The Bertz CT molecular complexity index is 427. The summed E-state index contributed by atoms with van der Waals surface area (Å²) in [6.07, 6.45) is 2.79. The molecule has 1 aromatic rings. The Morgan fingerprint density at radius 1 is 1.53 bits per heavy atom. The molecular weight excluding hydrogens is 250 g/mol. The molecule has 1 aliphatic heterocycles. The molecule has 1 saturated heterocycles. The third-order valence-corrected chi connectivity index (χ3v) is 3.16. The van der Waals surface area contributed by atoms with Gasteiger partial charge in [0, 0.05) is 20.1 Å². The van der Waals surface area contributed by atoms with E-state index in [-0.39, 0.29) is 11.8 Å². The zero-order valence-corrected chi connectivity index (χ0v) is 11.3. The van der Waals surface area contributed by atoms with Crippen LogP contribution in [-0.4, -0.2) is 54.5 Å². The number of aromatic nitrogens is 3. The minimum absolute atomic E-state index is 0.147. The van der Waals surface area contributed by atoms with Crippen molar-refractivity contribution >= 4 is 5.97 Å². The molecule has 0 radical (unpaired) electrons. The number of hydrogen-bond acceptors (Lipinski definition) is 6. The first-order valence-corrected chi connectivity index (χ1v) is 6.37. The number of nitrogens with zero attached hydrogens (tertiary/aromatic N) is 3. The highest BCUT2D eigenvalue weighted by Crippen LogP contribution is 2.16. The maximum absolute atomic E-state index is 11.6. The summed E-state index contributed by atoms with van der Waals surface area (Å²) in [5, 5.41) is 7.94. The number of ether oxygens (including phenoxy) is 3. The molecule has 0 saturated carbocycles. The van der Waals surface area contributed by atoms with E-state index in [1.54, 1.807) is 11.8 Å². The van der Waals surface area contributed by atoms with Crippen molar-refractivity contribution in [2.24, 2.45) is 0 Å². The number of carbonyl (C=O) groups excluding carboxylic acids is 1. The van der Waals surface area contributed by atoms with Crippen LogP contribution in [0.15, 0.2) is 0 Å². The van der Waals surface area contributed by atoms with Gasteiger partial charge in [0.15, 0.2) is 5.69 Å². The topological polar surface area (TPSA) is 75.5 Å². The Balaban J connectivity index is 2.15. The highest BCUT2D eigenvalue weighted by Gasteiger charge is 2.23. The highest BCUT2D eigenvalue weighted by atomic mass is 16.5. The molecule has 1 unspecified atom stereocenters. The van der Waals surface area contributed by atoms with Crippen molar-refractivity contribution < 1.29 is 19.0 Å². The van der Waals surface area contributed by atoms with Gasteiger partial charge in [0.25, 0.3) is 0 Å². The van der Waals surface area contributed by atoms with E-state index in [2.05, 4.69) is 10.3 Å². The summed E-state index contributed by atoms with van der Waals surface area (Å²) >= 11 is 0. The first-order valence-electron chi connectivity index (χ1n) is 6.37. The minimum Gasteiger partial charge on any atom is -0.464 e. The van der Waals surface area contributed by atoms with E-state index in [9.17, 15) is 4.79 Å². The Kier molecular flexibility index (Phi) is 4.86. The number of methoxy groups -OCH3 is 2. The van der Waals surface area contributed by atoms with Crippen LogP contribution in [0.1, 0.15) is 29.0 Å². The molecule has 1 aromatic heterocycles. The fourth-order valence-corrected chi connectivity index (χ4v) is 2.16. The summed E-state index contributed by atoms with van der Waals surface area (Å²) in [6, 6.07) is 0. The third-order valence-electron chi connectivity index (χ3n) is 3.16. The molecule has 106 valence electrons. The van der Waals surface area contributed by atoms with Crippen LogP contribution in [0.5, 0.6) is 0 Å². The van der Waals surface area contributed by atoms with E-state index in [1.165, 1.54) is 7.11 Å². The molecule has 1 atom stereocenters. The second-order valence-electron chi connectivity index (χ2n) is 4.44. The zero-order chi connectivity index (χ0) is 13.7. The van der Waals surface area contributed by atoms with Gasteiger partial charge in [0.05, 0.1) is 32.1 Å². The second-order valence-corrected chi connectivity index (χ2v) is 4.44. The van der Waals surface area contributed by atoms with Gasteiger partial charge in [-0.25, -0.2) is 9.48 Å². The molecule has 1 aliphatic rings.